The third kappa shape index (κ3) is 4.54. The average Bonchev–Trinajstić information content (AvgIpc) is 2.39. The number of imide groups is 1. The predicted octanol–water partition coefficient (Wildman–Crippen LogP) is 1.11. The van der Waals surface area contributed by atoms with Crippen molar-refractivity contribution in [3.63, 3.8) is 0 Å². The number of carboxylic acids is 1. The molecule has 1 rings (SSSR count). The summed E-state index contributed by atoms with van der Waals surface area (Å²) in [4.78, 5) is 37.9. The summed E-state index contributed by atoms with van der Waals surface area (Å²) < 4.78 is 0. The molecule has 1 unspecified atom stereocenters. The number of amides is 3. The molecule has 0 saturated heterocycles. The molecule has 1 aromatic rings. The zero-order valence-electron chi connectivity index (χ0n) is 11.0. The highest BCUT2D eigenvalue weighted by Gasteiger charge is 2.20. The molecule has 7 nitrogen and oxygen atoms in total. The van der Waals surface area contributed by atoms with Crippen molar-refractivity contribution in [1.82, 2.24) is 15.6 Å². The quantitative estimate of drug-likeness (QED) is 0.702. The van der Waals surface area contributed by atoms with Crippen molar-refractivity contribution in [2.75, 3.05) is 6.54 Å². The highest BCUT2D eigenvalue weighted by Crippen LogP contribution is 2.24. The molecular weight excluding hydrogens is 282 g/mol. The third-order valence-corrected chi connectivity index (χ3v) is 3.35. The van der Waals surface area contributed by atoms with Crippen LogP contribution in [0.3, 0.4) is 0 Å². The maximum atomic E-state index is 11.7. The van der Waals surface area contributed by atoms with Crippen molar-refractivity contribution in [2.45, 2.75) is 24.1 Å². The second-order valence-corrected chi connectivity index (χ2v) is 5.10. The number of carbonyl (C=O) groups is 3. The van der Waals surface area contributed by atoms with Gasteiger partial charge in [0.2, 0.25) is 5.91 Å². The predicted molar refractivity (Wildman–Crippen MR) is 73.7 cm³/mol. The highest BCUT2D eigenvalue weighted by molar-refractivity contribution is 8.00. The lowest BCUT2D eigenvalue weighted by molar-refractivity contribution is -0.119. The number of aromatic nitrogens is 1. The highest BCUT2D eigenvalue weighted by atomic mass is 32.2. The molecule has 20 heavy (non-hydrogen) atoms. The van der Waals surface area contributed by atoms with E-state index in [0.29, 0.717) is 6.54 Å². The Morgan fingerprint density at radius 1 is 1.45 bits per heavy atom. The minimum atomic E-state index is -1.11. The minimum absolute atomic E-state index is 0.0233. The largest absolute Gasteiger partial charge is 0.478 e. The Balaban J connectivity index is 2.71. The first-order chi connectivity index (χ1) is 9.45. The van der Waals surface area contributed by atoms with Crippen molar-refractivity contribution in [2.24, 2.45) is 0 Å². The molecule has 1 atom stereocenters. The van der Waals surface area contributed by atoms with E-state index in [1.807, 2.05) is 0 Å². The fourth-order valence-corrected chi connectivity index (χ4v) is 2.19. The minimum Gasteiger partial charge on any atom is -0.478 e. The molecule has 1 aromatic heterocycles. The van der Waals surface area contributed by atoms with Crippen LogP contribution in [0.4, 0.5) is 4.79 Å². The topological polar surface area (TPSA) is 108 Å². The maximum absolute atomic E-state index is 11.7. The van der Waals surface area contributed by atoms with Crippen LogP contribution in [0.1, 0.15) is 24.2 Å². The summed E-state index contributed by atoms with van der Waals surface area (Å²) in [7, 11) is 0. The summed E-state index contributed by atoms with van der Waals surface area (Å²) in [5.41, 5.74) is 0.0233. The second kappa shape index (κ2) is 7.49. The van der Waals surface area contributed by atoms with E-state index in [0.717, 1.165) is 11.8 Å². The van der Waals surface area contributed by atoms with E-state index in [4.69, 9.17) is 5.11 Å². The van der Waals surface area contributed by atoms with E-state index in [2.05, 4.69) is 15.6 Å². The van der Waals surface area contributed by atoms with Crippen LogP contribution in [-0.2, 0) is 4.79 Å². The number of hydrogen-bond acceptors (Lipinski definition) is 5. The Labute approximate surface area is 120 Å². The molecule has 3 amide bonds. The van der Waals surface area contributed by atoms with Crippen LogP contribution in [0.15, 0.2) is 23.4 Å². The Bertz CT molecular complexity index is 521. The lowest BCUT2D eigenvalue weighted by Gasteiger charge is -2.12. The van der Waals surface area contributed by atoms with E-state index in [-0.39, 0.29) is 10.6 Å². The Kier molecular flexibility index (Phi) is 5.98. The third-order valence-electron chi connectivity index (χ3n) is 2.23. The lowest BCUT2D eigenvalue weighted by atomic mass is 10.3. The fourth-order valence-electron chi connectivity index (χ4n) is 1.29. The van der Waals surface area contributed by atoms with Crippen LogP contribution < -0.4 is 10.6 Å². The van der Waals surface area contributed by atoms with Gasteiger partial charge in [0.1, 0.15) is 5.03 Å². The van der Waals surface area contributed by atoms with Crippen LogP contribution in [0.5, 0.6) is 0 Å². The molecule has 0 fully saturated rings. The van der Waals surface area contributed by atoms with E-state index >= 15 is 0 Å². The molecule has 0 saturated carbocycles. The Morgan fingerprint density at radius 2 is 2.15 bits per heavy atom. The molecule has 0 aliphatic carbocycles. The molecule has 1 heterocycles. The molecule has 0 aromatic carbocycles. The van der Waals surface area contributed by atoms with Crippen LogP contribution in [0.25, 0.3) is 0 Å². The van der Waals surface area contributed by atoms with E-state index in [1.54, 1.807) is 13.8 Å². The Hall–Kier alpha value is -2.09. The van der Waals surface area contributed by atoms with Gasteiger partial charge >= 0.3 is 12.0 Å². The van der Waals surface area contributed by atoms with Gasteiger partial charge in [-0.2, -0.15) is 0 Å². The van der Waals surface area contributed by atoms with Gasteiger partial charge in [0.25, 0.3) is 0 Å². The maximum Gasteiger partial charge on any atom is 0.338 e. The molecule has 3 N–H and O–H groups in total. The molecule has 108 valence electrons. The number of carboxylic acid groups (broad SMARTS) is 1. The summed E-state index contributed by atoms with van der Waals surface area (Å²) in [5.74, 6) is -1.63. The normalized spacial score (nSPS) is 11.5. The van der Waals surface area contributed by atoms with Gasteiger partial charge < -0.3 is 10.4 Å². The van der Waals surface area contributed by atoms with Crippen molar-refractivity contribution in [3.05, 3.63) is 23.9 Å². The summed E-state index contributed by atoms with van der Waals surface area (Å²) >= 11 is 0.983. The molecular formula is C12H15N3O4S. The number of rotatable bonds is 5. The van der Waals surface area contributed by atoms with E-state index in [1.165, 1.54) is 18.3 Å². The standard InChI is InChI=1S/C12H15N3O4S/c1-3-13-12(19)15-9(16)7(2)20-10-8(11(17)18)5-4-6-14-10/h4-7H,3H2,1-2H3,(H,17,18)(H2,13,15,16,19). The Morgan fingerprint density at radius 3 is 2.75 bits per heavy atom. The number of aromatic carboxylic acids is 1. The number of pyridine rings is 1. The zero-order chi connectivity index (χ0) is 15.1. The summed E-state index contributed by atoms with van der Waals surface area (Å²) in [5, 5.41) is 13.2. The number of thioether (sulfide) groups is 1. The van der Waals surface area contributed by atoms with Crippen molar-refractivity contribution < 1.29 is 19.5 Å². The fraction of sp³-hybridized carbons (Fsp3) is 0.333. The molecule has 0 radical (unpaired) electrons. The van der Waals surface area contributed by atoms with Crippen LogP contribution in [0, 0.1) is 0 Å². The van der Waals surface area contributed by atoms with Crippen LogP contribution in [0.2, 0.25) is 0 Å². The van der Waals surface area contributed by atoms with E-state index in [9.17, 15) is 14.4 Å². The first kappa shape index (κ1) is 16.0. The van der Waals surface area contributed by atoms with Gasteiger partial charge in [-0.05, 0) is 26.0 Å². The summed E-state index contributed by atoms with van der Waals surface area (Å²) in [6, 6.07) is 2.34. The second-order valence-electron chi connectivity index (χ2n) is 3.77. The summed E-state index contributed by atoms with van der Waals surface area (Å²) in [6.07, 6.45) is 1.45. The molecule has 0 aliphatic rings. The SMILES string of the molecule is CCNC(=O)NC(=O)C(C)Sc1ncccc1C(=O)O. The number of urea groups is 1. The smallest absolute Gasteiger partial charge is 0.338 e. The van der Waals surface area contributed by atoms with Gasteiger partial charge in [-0.3, -0.25) is 10.1 Å². The van der Waals surface area contributed by atoms with Gasteiger partial charge in [-0.15, -0.1) is 0 Å². The van der Waals surface area contributed by atoms with Crippen molar-refractivity contribution in [1.29, 1.82) is 0 Å². The summed E-state index contributed by atoms with van der Waals surface area (Å²) in [6.45, 7) is 3.71. The monoisotopic (exact) mass is 297 g/mol. The van der Waals surface area contributed by atoms with Crippen LogP contribution in [-0.4, -0.2) is 39.8 Å². The van der Waals surface area contributed by atoms with Crippen molar-refractivity contribution in [3.8, 4) is 0 Å². The van der Waals surface area contributed by atoms with Gasteiger partial charge in [0.15, 0.2) is 0 Å². The van der Waals surface area contributed by atoms with Gasteiger partial charge in [0, 0.05) is 12.7 Å². The lowest BCUT2D eigenvalue weighted by Crippen LogP contribution is -2.42. The molecule has 0 spiro atoms. The van der Waals surface area contributed by atoms with Crippen molar-refractivity contribution >= 4 is 29.7 Å². The average molecular weight is 297 g/mol. The van der Waals surface area contributed by atoms with Gasteiger partial charge in [0.05, 0.1) is 10.8 Å². The zero-order valence-corrected chi connectivity index (χ0v) is 11.9. The first-order valence-corrected chi connectivity index (χ1v) is 6.77. The van der Waals surface area contributed by atoms with Gasteiger partial charge in [-0.1, -0.05) is 11.8 Å². The number of nitrogens with zero attached hydrogens (tertiary/aromatic N) is 1. The number of nitrogens with one attached hydrogen (secondary N) is 2. The molecule has 0 bridgehead atoms. The molecule has 0 aliphatic heterocycles. The van der Waals surface area contributed by atoms with E-state index < -0.39 is 23.2 Å². The number of hydrogen-bond donors (Lipinski definition) is 3. The molecule has 8 heteroatoms. The first-order valence-electron chi connectivity index (χ1n) is 5.89. The van der Waals surface area contributed by atoms with Crippen LogP contribution >= 0.6 is 11.8 Å². The van der Waals surface area contributed by atoms with Gasteiger partial charge in [-0.25, -0.2) is 14.6 Å². The number of carbonyl (C=O) groups excluding carboxylic acids is 2.